The molecular weight excluding hydrogens is 228 g/mol. The summed E-state index contributed by atoms with van der Waals surface area (Å²) in [6.45, 7) is 8.35. The first kappa shape index (κ1) is 16.3. The van der Waals surface area contributed by atoms with Gasteiger partial charge in [-0.1, -0.05) is 19.8 Å². The summed E-state index contributed by atoms with van der Waals surface area (Å²) in [6.07, 6.45) is 5.06. The van der Waals surface area contributed by atoms with E-state index in [0.29, 0.717) is 0 Å². The standard InChI is InChI=1S/C13H16O3.C2H6/c1-5-6-15-9-16-13-10(2)7-12(14-4)8-11(13)3;1-2/h1,7-8H,6,9H2,2-4H3;1-2H3. The lowest BCUT2D eigenvalue weighted by molar-refractivity contribution is 0.0324. The maximum atomic E-state index is 5.50. The molecule has 0 aliphatic heterocycles. The predicted molar refractivity (Wildman–Crippen MR) is 74.1 cm³/mol. The summed E-state index contributed by atoms with van der Waals surface area (Å²) < 4.78 is 15.7. The topological polar surface area (TPSA) is 27.7 Å². The summed E-state index contributed by atoms with van der Waals surface area (Å²) in [4.78, 5) is 0. The van der Waals surface area contributed by atoms with Crippen molar-refractivity contribution in [3.8, 4) is 23.8 Å². The lowest BCUT2D eigenvalue weighted by Crippen LogP contribution is -2.05. The molecule has 1 aromatic carbocycles. The smallest absolute Gasteiger partial charge is 0.190 e. The third kappa shape index (κ3) is 5.11. The van der Waals surface area contributed by atoms with Crippen LogP contribution in [0.5, 0.6) is 11.5 Å². The van der Waals surface area contributed by atoms with E-state index in [9.17, 15) is 0 Å². The molecule has 0 saturated carbocycles. The van der Waals surface area contributed by atoms with Crippen LogP contribution < -0.4 is 9.47 Å². The minimum Gasteiger partial charge on any atom is -0.497 e. The maximum absolute atomic E-state index is 5.50. The van der Waals surface area contributed by atoms with Crippen molar-refractivity contribution in [2.45, 2.75) is 27.7 Å². The van der Waals surface area contributed by atoms with E-state index in [-0.39, 0.29) is 13.4 Å². The van der Waals surface area contributed by atoms with Crippen molar-refractivity contribution in [3.05, 3.63) is 23.3 Å². The van der Waals surface area contributed by atoms with Gasteiger partial charge in [-0.2, -0.15) is 0 Å². The average molecular weight is 250 g/mol. The molecule has 0 N–H and O–H groups in total. The monoisotopic (exact) mass is 250 g/mol. The summed E-state index contributed by atoms with van der Waals surface area (Å²) in [6, 6.07) is 3.84. The average Bonchev–Trinajstić information content (AvgIpc) is 2.39. The minimum atomic E-state index is 0.165. The number of methoxy groups -OCH3 is 1. The molecule has 0 aromatic heterocycles. The van der Waals surface area contributed by atoms with Gasteiger partial charge in [0.1, 0.15) is 18.1 Å². The van der Waals surface area contributed by atoms with Gasteiger partial charge in [0.05, 0.1) is 7.11 Å². The highest BCUT2D eigenvalue weighted by Crippen LogP contribution is 2.28. The summed E-state index contributed by atoms with van der Waals surface area (Å²) in [7, 11) is 1.64. The van der Waals surface area contributed by atoms with E-state index in [4.69, 9.17) is 20.6 Å². The largest absolute Gasteiger partial charge is 0.497 e. The van der Waals surface area contributed by atoms with Crippen molar-refractivity contribution in [3.63, 3.8) is 0 Å². The van der Waals surface area contributed by atoms with Crippen LogP contribution in [0.1, 0.15) is 25.0 Å². The Morgan fingerprint density at radius 3 is 2.17 bits per heavy atom. The molecule has 0 heterocycles. The number of rotatable bonds is 5. The van der Waals surface area contributed by atoms with Crippen LogP contribution in [0.4, 0.5) is 0 Å². The summed E-state index contributed by atoms with van der Waals surface area (Å²) in [5.41, 5.74) is 2.03. The Morgan fingerprint density at radius 1 is 1.17 bits per heavy atom. The van der Waals surface area contributed by atoms with Gasteiger partial charge in [0.2, 0.25) is 0 Å². The van der Waals surface area contributed by atoms with E-state index in [1.165, 1.54) is 0 Å². The zero-order valence-electron chi connectivity index (χ0n) is 11.9. The van der Waals surface area contributed by atoms with Crippen molar-refractivity contribution in [2.75, 3.05) is 20.5 Å². The van der Waals surface area contributed by atoms with E-state index >= 15 is 0 Å². The van der Waals surface area contributed by atoms with Crippen LogP contribution in [0.2, 0.25) is 0 Å². The van der Waals surface area contributed by atoms with Crippen LogP contribution in [0, 0.1) is 26.2 Å². The fourth-order valence-corrected chi connectivity index (χ4v) is 1.46. The number of benzene rings is 1. The normalized spacial score (nSPS) is 8.89. The fourth-order valence-electron chi connectivity index (χ4n) is 1.46. The van der Waals surface area contributed by atoms with Crippen LogP contribution in [0.15, 0.2) is 12.1 Å². The van der Waals surface area contributed by atoms with Gasteiger partial charge < -0.3 is 14.2 Å². The highest BCUT2D eigenvalue weighted by atomic mass is 16.7. The molecule has 1 rings (SSSR count). The molecule has 3 heteroatoms. The van der Waals surface area contributed by atoms with Crippen LogP contribution in [-0.2, 0) is 4.74 Å². The second-order valence-corrected chi connectivity index (χ2v) is 3.41. The highest BCUT2D eigenvalue weighted by Gasteiger charge is 2.06. The first-order chi connectivity index (χ1) is 8.69. The lowest BCUT2D eigenvalue weighted by Gasteiger charge is -2.13. The summed E-state index contributed by atoms with van der Waals surface area (Å²) >= 11 is 0. The van der Waals surface area contributed by atoms with E-state index in [1.54, 1.807) is 7.11 Å². The molecule has 0 amide bonds. The molecule has 0 saturated heterocycles. The molecule has 3 nitrogen and oxygen atoms in total. The summed E-state index contributed by atoms with van der Waals surface area (Å²) in [5.74, 6) is 4.02. The number of ether oxygens (including phenoxy) is 3. The predicted octanol–water partition coefficient (Wildman–Crippen LogP) is 3.32. The number of terminal acetylenes is 1. The van der Waals surface area contributed by atoms with Crippen LogP contribution in [0.3, 0.4) is 0 Å². The fraction of sp³-hybridized carbons (Fsp3) is 0.467. The van der Waals surface area contributed by atoms with Crippen molar-refractivity contribution < 1.29 is 14.2 Å². The molecule has 0 unspecified atom stereocenters. The highest BCUT2D eigenvalue weighted by molar-refractivity contribution is 5.45. The van der Waals surface area contributed by atoms with Gasteiger partial charge in [-0.15, -0.1) is 6.42 Å². The molecule has 0 atom stereocenters. The maximum Gasteiger partial charge on any atom is 0.190 e. The van der Waals surface area contributed by atoms with E-state index in [1.807, 2.05) is 39.8 Å². The van der Waals surface area contributed by atoms with Gasteiger partial charge in [0.15, 0.2) is 6.79 Å². The number of aryl methyl sites for hydroxylation is 2. The van der Waals surface area contributed by atoms with Gasteiger partial charge in [-0.3, -0.25) is 0 Å². The van der Waals surface area contributed by atoms with Crippen LogP contribution >= 0.6 is 0 Å². The first-order valence-electron chi connectivity index (χ1n) is 5.98. The van der Waals surface area contributed by atoms with Gasteiger partial charge >= 0.3 is 0 Å². The van der Waals surface area contributed by atoms with Gasteiger partial charge in [-0.25, -0.2) is 0 Å². The Balaban J connectivity index is 0.00000137. The SMILES string of the molecule is C#CCOCOc1c(C)cc(OC)cc1C.CC. The van der Waals surface area contributed by atoms with Gasteiger partial charge in [-0.05, 0) is 37.1 Å². The van der Waals surface area contributed by atoms with E-state index in [2.05, 4.69) is 5.92 Å². The van der Waals surface area contributed by atoms with E-state index < -0.39 is 0 Å². The van der Waals surface area contributed by atoms with Crippen molar-refractivity contribution in [2.24, 2.45) is 0 Å². The lowest BCUT2D eigenvalue weighted by atomic mass is 10.1. The second kappa shape index (κ2) is 9.38. The zero-order valence-corrected chi connectivity index (χ0v) is 11.9. The third-order valence-electron chi connectivity index (χ3n) is 2.14. The molecule has 0 radical (unpaired) electrons. The number of hydrogen-bond acceptors (Lipinski definition) is 3. The van der Waals surface area contributed by atoms with E-state index in [0.717, 1.165) is 22.6 Å². The van der Waals surface area contributed by atoms with Gasteiger partial charge in [0.25, 0.3) is 0 Å². The van der Waals surface area contributed by atoms with Gasteiger partial charge in [0, 0.05) is 0 Å². The zero-order chi connectivity index (χ0) is 14.0. The molecule has 18 heavy (non-hydrogen) atoms. The minimum absolute atomic E-state index is 0.165. The van der Waals surface area contributed by atoms with Crippen LogP contribution in [-0.4, -0.2) is 20.5 Å². The Bertz CT molecular complexity index is 368. The van der Waals surface area contributed by atoms with Crippen molar-refractivity contribution in [1.29, 1.82) is 0 Å². The summed E-state index contributed by atoms with van der Waals surface area (Å²) in [5, 5.41) is 0. The Kier molecular flexibility index (Phi) is 8.51. The molecule has 100 valence electrons. The van der Waals surface area contributed by atoms with Crippen LogP contribution in [0.25, 0.3) is 0 Å². The number of hydrogen-bond donors (Lipinski definition) is 0. The molecule has 0 aliphatic rings. The Hall–Kier alpha value is -1.66. The molecule has 0 spiro atoms. The quantitative estimate of drug-likeness (QED) is 0.456. The third-order valence-corrected chi connectivity index (χ3v) is 2.14. The molecular formula is C15H22O3. The Morgan fingerprint density at radius 2 is 1.72 bits per heavy atom. The Labute approximate surface area is 110 Å². The second-order valence-electron chi connectivity index (χ2n) is 3.41. The molecule has 1 aromatic rings. The molecule has 0 aliphatic carbocycles. The first-order valence-corrected chi connectivity index (χ1v) is 5.98. The molecule has 0 bridgehead atoms. The molecule has 0 fully saturated rings. The van der Waals surface area contributed by atoms with Crippen molar-refractivity contribution >= 4 is 0 Å². The van der Waals surface area contributed by atoms with Crippen molar-refractivity contribution in [1.82, 2.24) is 0 Å².